The molecular formula is H13ClO6Sm. The minimum Gasteiger partial charge on any atom is -0.412 e. The Balaban J connectivity index is 0. The summed E-state index contributed by atoms with van der Waals surface area (Å²) >= 11 is 0. The summed E-state index contributed by atoms with van der Waals surface area (Å²) in [7, 11) is 0. The van der Waals surface area contributed by atoms with Crippen molar-refractivity contribution < 1.29 is 73.2 Å². The average molecular weight is 295 g/mol. The molecule has 0 aliphatic heterocycles. The molecule has 0 atom stereocenters. The van der Waals surface area contributed by atoms with Gasteiger partial charge in [-0.3, -0.25) is 0 Å². The fourth-order valence-electron chi connectivity index (χ4n) is 0. The molecule has 0 saturated carbocycles. The average Bonchev–Trinajstić information content (AvgIpc) is 0. The van der Waals surface area contributed by atoms with Crippen LogP contribution in [-0.4, -0.2) is 32.9 Å². The van der Waals surface area contributed by atoms with Crippen molar-refractivity contribution in [1.82, 2.24) is 0 Å². The second kappa shape index (κ2) is 238. The van der Waals surface area contributed by atoms with E-state index in [2.05, 4.69) is 0 Å². The summed E-state index contributed by atoms with van der Waals surface area (Å²) in [6.45, 7) is 0. The van der Waals surface area contributed by atoms with Gasteiger partial charge >= 0.3 is 0 Å². The summed E-state index contributed by atoms with van der Waals surface area (Å²) in [6.07, 6.45) is 0. The third-order valence-electron chi connectivity index (χ3n) is 0. The first-order valence-electron chi connectivity index (χ1n) is 0. The normalized spacial score (nSPS) is 0. The standard InChI is InChI=1S/ClH.6H2O.Sm/h1H;6*1H2;. The topological polar surface area (TPSA) is 189 Å². The monoisotopic (exact) mass is 296 g/mol. The Hall–Kier alpha value is 1.39. The van der Waals surface area contributed by atoms with Crippen LogP contribution in [0.1, 0.15) is 0 Å². The van der Waals surface area contributed by atoms with E-state index in [9.17, 15) is 0 Å². The van der Waals surface area contributed by atoms with Crippen LogP contribution >= 0.6 is 12.4 Å². The predicted molar refractivity (Wildman–Crippen MR) is 28.9 cm³/mol. The minimum absolute atomic E-state index is 0. The van der Waals surface area contributed by atoms with Gasteiger partial charge in [0, 0.05) is 40.4 Å². The molecule has 6 nitrogen and oxygen atoms in total. The molecule has 0 saturated heterocycles. The summed E-state index contributed by atoms with van der Waals surface area (Å²) in [6, 6.07) is 0. The van der Waals surface area contributed by atoms with Gasteiger partial charge in [0.25, 0.3) is 0 Å². The molecule has 0 unspecified atom stereocenters. The molecule has 8 heteroatoms. The second-order valence-electron chi connectivity index (χ2n) is 0. The molecule has 0 heterocycles. The van der Waals surface area contributed by atoms with Gasteiger partial charge in [-0.2, -0.15) is 0 Å². The maximum atomic E-state index is 0. The molecule has 0 aromatic carbocycles. The number of hydrogen-bond acceptors (Lipinski definition) is 0. The maximum Gasteiger partial charge on any atom is 0 e. The summed E-state index contributed by atoms with van der Waals surface area (Å²) in [5.41, 5.74) is 0. The van der Waals surface area contributed by atoms with Crippen LogP contribution in [-0.2, 0) is 0 Å². The largest absolute Gasteiger partial charge is 0.412 e. The summed E-state index contributed by atoms with van der Waals surface area (Å²) in [5.74, 6) is 0. The van der Waals surface area contributed by atoms with Gasteiger partial charge in [0.2, 0.25) is 0 Å². The van der Waals surface area contributed by atoms with E-state index in [-0.39, 0.29) is 85.7 Å². The van der Waals surface area contributed by atoms with Crippen molar-refractivity contribution in [3.05, 3.63) is 0 Å². The summed E-state index contributed by atoms with van der Waals surface area (Å²) in [5, 5.41) is 0. The van der Waals surface area contributed by atoms with Crippen molar-refractivity contribution in [2.75, 3.05) is 0 Å². The van der Waals surface area contributed by atoms with E-state index in [1.165, 1.54) is 0 Å². The van der Waals surface area contributed by atoms with Crippen molar-refractivity contribution in [3.63, 3.8) is 0 Å². The first-order valence-corrected chi connectivity index (χ1v) is 0. The summed E-state index contributed by atoms with van der Waals surface area (Å²) < 4.78 is 0. The van der Waals surface area contributed by atoms with Crippen molar-refractivity contribution in [1.29, 1.82) is 0 Å². The Morgan fingerprint density at radius 1 is 0.375 bits per heavy atom. The van der Waals surface area contributed by atoms with Crippen LogP contribution in [0.15, 0.2) is 0 Å². The molecule has 0 amide bonds. The van der Waals surface area contributed by atoms with E-state index in [0.717, 1.165) is 0 Å². The van der Waals surface area contributed by atoms with Gasteiger partial charge < -0.3 is 32.9 Å². The maximum absolute atomic E-state index is 0. The van der Waals surface area contributed by atoms with Gasteiger partial charge in [0.15, 0.2) is 0 Å². The first-order chi connectivity index (χ1) is 0. The fraction of sp³-hybridized carbons (Fsp3) is 0. The molecule has 8 heavy (non-hydrogen) atoms. The van der Waals surface area contributed by atoms with Crippen LogP contribution in [0.4, 0.5) is 0 Å². The quantitative estimate of drug-likeness (QED) is 0.416. The van der Waals surface area contributed by atoms with Crippen LogP contribution in [0.3, 0.4) is 0 Å². The van der Waals surface area contributed by atoms with Crippen LogP contribution < -0.4 is 0 Å². The zero-order valence-corrected chi connectivity index (χ0v) is 7.25. The van der Waals surface area contributed by atoms with Crippen molar-refractivity contribution in [3.8, 4) is 0 Å². The van der Waals surface area contributed by atoms with E-state index in [0.29, 0.717) is 0 Å². The van der Waals surface area contributed by atoms with Crippen molar-refractivity contribution >= 4 is 12.4 Å². The molecule has 0 aliphatic carbocycles. The van der Waals surface area contributed by atoms with Gasteiger partial charge in [-0.1, -0.05) is 0 Å². The van der Waals surface area contributed by atoms with Crippen molar-refractivity contribution in [2.45, 2.75) is 0 Å². The van der Waals surface area contributed by atoms with Crippen LogP contribution in [0.5, 0.6) is 0 Å². The van der Waals surface area contributed by atoms with E-state index in [1.54, 1.807) is 0 Å². The molecule has 0 bridgehead atoms. The molecule has 0 aliphatic rings. The van der Waals surface area contributed by atoms with E-state index in [1.807, 2.05) is 0 Å². The Morgan fingerprint density at radius 2 is 0.375 bits per heavy atom. The number of rotatable bonds is 0. The van der Waals surface area contributed by atoms with Gasteiger partial charge in [0.05, 0.1) is 0 Å². The number of halogens is 1. The Morgan fingerprint density at radius 3 is 0.375 bits per heavy atom. The molecule has 12 N–H and O–H groups in total. The third kappa shape index (κ3) is 157. The van der Waals surface area contributed by atoms with Gasteiger partial charge in [-0.05, 0) is 0 Å². The van der Waals surface area contributed by atoms with E-state index in [4.69, 9.17) is 0 Å². The fourth-order valence-corrected chi connectivity index (χ4v) is 0. The number of hydrogen-bond donors (Lipinski definition) is 0. The van der Waals surface area contributed by atoms with Crippen LogP contribution in [0.2, 0.25) is 0 Å². The zero-order chi connectivity index (χ0) is 0. The van der Waals surface area contributed by atoms with Gasteiger partial charge in [-0.25, -0.2) is 0 Å². The molecule has 62 valence electrons. The summed E-state index contributed by atoms with van der Waals surface area (Å²) in [4.78, 5) is 0. The molecule has 0 aromatic rings. The van der Waals surface area contributed by atoms with Crippen LogP contribution in [0, 0.1) is 40.4 Å². The third-order valence-corrected chi connectivity index (χ3v) is 0. The second-order valence-corrected chi connectivity index (χ2v) is 0. The van der Waals surface area contributed by atoms with Crippen LogP contribution in [0.25, 0.3) is 0 Å². The van der Waals surface area contributed by atoms with E-state index >= 15 is 0 Å². The molecule has 0 rings (SSSR count). The molecule has 0 radical (unpaired) electrons. The van der Waals surface area contributed by atoms with Crippen molar-refractivity contribution in [2.24, 2.45) is 0 Å². The van der Waals surface area contributed by atoms with Gasteiger partial charge in [-0.15, -0.1) is 12.4 Å². The molecule has 0 aromatic heterocycles. The Bertz CT molecular complexity index is 8.49. The predicted octanol–water partition coefficient (Wildman–Crippen LogP) is -4.53. The molecular weight excluding hydrogens is 282 g/mol. The Labute approximate surface area is 85.0 Å². The SMILES string of the molecule is Cl.O.O.O.O.O.O.[Sm]. The van der Waals surface area contributed by atoms with Gasteiger partial charge in [0.1, 0.15) is 0 Å². The molecule has 0 fully saturated rings. The smallest absolute Gasteiger partial charge is 0 e. The zero-order valence-electron chi connectivity index (χ0n) is 3.82. The first kappa shape index (κ1) is 343. The Kier molecular flexibility index (Phi) is 10200. The molecule has 0 spiro atoms. The van der Waals surface area contributed by atoms with E-state index < -0.39 is 0 Å². The minimum atomic E-state index is 0.